The van der Waals surface area contributed by atoms with Gasteiger partial charge in [0.25, 0.3) is 0 Å². The van der Waals surface area contributed by atoms with Crippen LogP contribution in [-0.2, 0) is 4.79 Å². The Bertz CT molecular complexity index is 533. The highest BCUT2D eigenvalue weighted by Gasteiger charge is 2.22. The van der Waals surface area contributed by atoms with Crippen LogP contribution in [0.4, 0.5) is 4.79 Å². The Labute approximate surface area is 142 Å². The van der Waals surface area contributed by atoms with Crippen LogP contribution in [0.3, 0.4) is 0 Å². The van der Waals surface area contributed by atoms with Crippen molar-refractivity contribution in [2.45, 2.75) is 50.1 Å². The average Bonchev–Trinajstić information content (AvgIpc) is 2.73. The zero-order valence-corrected chi connectivity index (χ0v) is 14.5. The first kappa shape index (κ1) is 17.7. The van der Waals surface area contributed by atoms with Crippen LogP contribution in [0.15, 0.2) is 29.2 Å². The number of carbonyl (C=O) groups is 2. The Morgan fingerprint density at radius 3 is 2.78 bits per heavy atom. The number of hydrogen-bond donors (Lipinski definition) is 3. The molecule has 1 aliphatic heterocycles. The topological polar surface area (TPSA) is 70.2 Å². The van der Waals surface area contributed by atoms with Gasteiger partial charge in [0.1, 0.15) is 6.04 Å². The van der Waals surface area contributed by atoms with Gasteiger partial charge in [0.15, 0.2) is 0 Å². The van der Waals surface area contributed by atoms with E-state index in [1.54, 1.807) is 11.8 Å². The van der Waals surface area contributed by atoms with Crippen molar-refractivity contribution >= 4 is 23.7 Å². The summed E-state index contributed by atoms with van der Waals surface area (Å²) >= 11 is 1.79. The van der Waals surface area contributed by atoms with Gasteiger partial charge in [0, 0.05) is 11.4 Å². The molecule has 3 amide bonds. The zero-order valence-electron chi connectivity index (χ0n) is 13.7. The Hall–Kier alpha value is -1.69. The quantitative estimate of drug-likeness (QED) is 0.725. The molecule has 1 saturated heterocycles. The van der Waals surface area contributed by atoms with E-state index < -0.39 is 6.04 Å². The molecule has 0 spiro atoms. The van der Waals surface area contributed by atoms with Crippen LogP contribution in [0.1, 0.15) is 44.7 Å². The summed E-state index contributed by atoms with van der Waals surface area (Å²) in [6.07, 6.45) is 2.59. The number of benzene rings is 1. The lowest BCUT2D eigenvalue weighted by molar-refractivity contribution is -0.122. The highest BCUT2D eigenvalue weighted by molar-refractivity contribution is 7.99. The Morgan fingerprint density at radius 2 is 2.09 bits per heavy atom. The van der Waals surface area contributed by atoms with Gasteiger partial charge in [-0.2, -0.15) is 0 Å². The third kappa shape index (κ3) is 5.46. The summed E-state index contributed by atoms with van der Waals surface area (Å²) in [5.41, 5.74) is 1.05. The number of urea groups is 1. The van der Waals surface area contributed by atoms with Crippen LogP contribution >= 0.6 is 11.8 Å². The molecule has 5 nitrogen and oxygen atoms in total. The summed E-state index contributed by atoms with van der Waals surface area (Å²) in [6, 6.07) is 7.35. The van der Waals surface area contributed by atoms with Crippen molar-refractivity contribution in [2.75, 3.05) is 12.3 Å². The zero-order chi connectivity index (χ0) is 16.7. The lowest BCUT2D eigenvalue weighted by Crippen LogP contribution is -2.49. The van der Waals surface area contributed by atoms with Crippen molar-refractivity contribution in [2.24, 2.45) is 0 Å². The van der Waals surface area contributed by atoms with Crippen LogP contribution in [0, 0.1) is 0 Å². The van der Waals surface area contributed by atoms with Gasteiger partial charge in [0.2, 0.25) is 5.91 Å². The summed E-state index contributed by atoms with van der Waals surface area (Å²) in [5, 5.41) is 8.49. The maximum Gasteiger partial charge on any atom is 0.315 e. The van der Waals surface area contributed by atoms with Gasteiger partial charge >= 0.3 is 6.03 Å². The minimum atomic E-state index is -0.437. The Morgan fingerprint density at radius 1 is 1.35 bits per heavy atom. The SMILES string of the molecule is CCSc1ccc([C@H](C)NC(=O)N[C@@H]2CCCCNC2=O)cc1. The molecule has 3 N–H and O–H groups in total. The van der Waals surface area contributed by atoms with Crippen molar-refractivity contribution in [3.05, 3.63) is 29.8 Å². The maximum absolute atomic E-state index is 12.1. The molecule has 1 fully saturated rings. The van der Waals surface area contributed by atoms with Crippen LogP contribution in [0.2, 0.25) is 0 Å². The van der Waals surface area contributed by atoms with Crippen LogP contribution in [-0.4, -0.2) is 30.3 Å². The fourth-order valence-electron chi connectivity index (χ4n) is 2.58. The van der Waals surface area contributed by atoms with Gasteiger partial charge in [-0.05, 0) is 49.6 Å². The van der Waals surface area contributed by atoms with Gasteiger partial charge < -0.3 is 16.0 Å². The molecule has 0 aromatic heterocycles. The second-order valence-corrected chi connectivity index (χ2v) is 7.02. The largest absolute Gasteiger partial charge is 0.354 e. The molecule has 6 heteroatoms. The minimum absolute atomic E-state index is 0.0914. The van der Waals surface area contributed by atoms with E-state index in [1.807, 2.05) is 19.1 Å². The van der Waals surface area contributed by atoms with E-state index in [4.69, 9.17) is 0 Å². The number of thioether (sulfide) groups is 1. The molecule has 0 aliphatic carbocycles. The first-order valence-electron chi connectivity index (χ1n) is 8.17. The maximum atomic E-state index is 12.1. The molecule has 2 rings (SSSR count). The molecule has 0 bridgehead atoms. The predicted octanol–water partition coefficient (Wildman–Crippen LogP) is 2.83. The van der Waals surface area contributed by atoms with Crippen LogP contribution < -0.4 is 16.0 Å². The van der Waals surface area contributed by atoms with Gasteiger partial charge in [-0.15, -0.1) is 11.8 Å². The number of nitrogens with one attached hydrogen (secondary N) is 3. The molecule has 1 aliphatic rings. The first-order chi connectivity index (χ1) is 11.1. The third-order valence-corrected chi connectivity index (χ3v) is 4.77. The lowest BCUT2D eigenvalue weighted by atomic mass is 10.1. The lowest BCUT2D eigenvalue weighted by Gasteiger charge is -2.19. The molecular formula is C17H25N3O2S. The minimum Gasteiger partial charge on any atom is -0.354 e. The summed E-state index contributed by atoms with van der Waals surface area (Å²) in [7, 11) is 0. The van der Waals surface area contributed by atoms with E-state index in [-0.39, 0.29) is 18.0 Å². The summed E-state index contributed by atoms with van der Waals surface area (Å²) in [4.78, 5) is 25.2. The Balaban J connectivity index is 1.87. The molecular weight excluding hydrogens is 310 g/mol. The van der Waals surface area contributed by atoms with E-state index in [0.29, 0.717) is 13.0 Å². The standard InChI is InChI=1S/C17H25N3O2S/c1-3-23-14-9-7-13(8-10-14)12(2)19-17(22)20-15-6-4-5-11-18-16(15)21/h7-10,12,15H,3-6,11H2,1-2H3,(H,18,21)(H2,19,20,22)/t12-,15+/m0/s1. The molecule has 1 aromatic rings. The number of rotatable bonds is 5. The summed E-state index contributed by atoms with van der Waals surface area (Å²) in [6.45, 7) is 4.75. The molecule has 0 unspecified atom stereocenters. The fourth-order valence-corrected chi connectivity index (χ4v) is 3.24. The van der Waals surface area contributed by atoms with Gasteiger partial charge in [-0.3, -0.25) is 4.79 Å². The van der Waals surface area contributed by atoms with Crippen LogP contribution in [0.5, 0.6) is 0 Å². The fraction of sp³-hybridized carbons (Fsp3) is 0.529. The van der Waals surface area contributed by atoms with Gasteiger partial charge in [-0.1, -0.05) is 19.1 Å². The average molecular weight is 335 g/mol. The van der Waals surface area contributed by atoms with E-state index in [1.165, 1.54) is 4.90 Å². The van der Waals surface area contributed by atoms with Crippen LogP contribution in [0.25, 0.3) is 0 Å². The third-order valence-electron chi connectivity index (χ3n) is 3.88. The second kappa shape index (κ2) is 8.82. The van der Waals surface area contributed by atoms with E-state index in [9.17, 15) is 9.59 Å². The second-order valence-electron chi connectivity index (χ2n) is 5.68. The summed E-state index contributed by atoms with van der Waals surface area (Å²) < 4.78 is 0. The normalized spacial score (nSPS) is 19.4. The molecule has 0 radical (unpaired) electrons. The highest BCUT2D eigenvalue weighted by atomic mass is 32.2. The van der Waals surface area contributed by atoms with Gasteiger partial charge in [-0.25, -0.2) is 4.79 Å². The Kier molecular flexibility index (Phi) is 6.77. The monoisotopic (exact) mass is 335 g/mol. The van der Waals surface area contributed by atoms with Crippen molar-refractivity contribution in [1.29, 1.82) is 0 Å². The molecule has 0 saturated carbocycles. The van der Waals surface area contributed by atoms with E-state index in [2.05, 4.69) is 35.0 Å². The molecule has 2 atom stereocenters. The highest BCUT2D eigenvalue weighted by Crippen LogP contribution is 2.20. The van der Waals surface area contributed by atoms with E-state index >= 15 is 0 Å². The summed E-state index contributed by atoms with van der Waals surface area (Å²) in [5.74, 6) is 0.949. The number of carbonyl (C=O) groups excluding carboxylic acids is 2. The van der Waals surface area contributed by atoms with Gasteiger partial charge in [0.05, 0.1) is 6.04 Å². The molecule has 1 heterocycles. The smallest absolute Gasteiger partial charge is 0.315 e. The number of hydrogen-bond acceptors (Lipinski definition) is 3. The van der Waals surface area contributed by atoms with Crippen molar-refractivity contribution in [3.8, 4) is 0 Å². The first-order valence-corrected chi connectivity index (χ1v) is 9.16. The number of amides is 3. The van der Waals surface area contributed by atoms with E-state index in [0.717, 1.165) is 24.2 Å². The van der Waals surface area contributed by atoms with Crippen molar-refractivity contribution < 1.29 is 9.59 Å². The van der Waals surface area contributed by atoms with Crippen molar-refractivity contribution in [1.82, 2.24) is 16.0 Å². The predicted molar refractivity (Wildman–Crippen MR) is 93.6 cm³/mol. The molecule has 1 aromatic carbocycles. The van der Waals surface area contributed by atoms with Crippen molar-refractivity contribution in [3.63, 3.8) is 0 Å². The molecule has 23 heavy (non-hydrogen) atoms. The molecule has 126 valence electrons.